The number of allylic oxidation sites excluding steroid dienone is 1. The van der Waals surface area contributed by atoms with Crippen LogP contribution >= 0.6 is 0 Å². The van der Waals surface area contributed by atoms with Crippen molar-refractivity contribution >= 4 is 12.2 Å². The topological polar surface area (TPSA) is 40.6 Å². The second-order valence-electron chi connectivity index (χ2n) is 6.63. The van der Waals surface area contributed by atoms with E-state index in [9.17, 15) is 9.59 Å². The Balaban J connectivity index is 1.78. The van der Waals surface area contributed by atoms with Gasteiger partial charge in [0.25, 0.3) is 0 Å². The van der Waals surface area contributed by atoms with E-state index >= 15 is 0 Å². The van der Waals surface area contributed by atoms with Crippen LogP contribution in [0.1, 0.15) is 57.8 Å². The largest absolute Gasteiger partial charge is 0.372 e. The molecule has 4 nitrogen and oxygen atoms in total. The molecule has 2 aliphatic rings. The van der Waals surface area contributed by atoms with Crippen molar-refractivity contribution in [1.82, 2.24) is 9.80 Å². The molecule has 1 aliphatic carbocycles. The zero-order chi connectivity index (χ0) is 15.8. The van der Waals surface area contributed by atoms with E-state index in [1.807, 2.05) is 0 Å². The highest BCUT2D eigenvalue weighted by molar-refractivity contribution is 5.79. The van der Waals surface area contributed by atoms with Gasteiger partial charge in [-0.25, -0.2) is 0 Å². The zero-order valence-electron chi connectivity index (χ0n) is 13.8. The van der Waals surface area contributed by atoms with Gasteiger partial charge in [0.1, 0.15) is 6.29 Å². The van der Waals surface area contributed by atoms with E-state index in [1.165, 1.54) is 32.1 Å². The summed E-state index contributed by atoms with van der Waals surface area (Å²) in [6.07, 6.45) is 10.7. The highest BCUT2D eigenvalue weighted by Crippen LogP contribution is 2.25. The molecular formula is C18H30N2O2. The number of hydrogen-bond acceptors (Lipinski definition) is 3. The number of nitrogens with zero attached hydrogens (tertiary/aromatic N) is 2. The van der Waals surface area contributed by atoms with Gasteiger partial charge >= 0.3 is 0 Å². The van der Waals surface area contributed by atoms with E-state index in [0.717, 1.165) is 57.4 Å². The van der Waals surface area contributed by atoms with Crippen LogP contribution in [0.25, 0.3) is 0 Å². The van der Waals surface area contributed by atoms with Gasteiger partial charge in [-0.1, -0.05) is 38.7 Å². The third-order valence-corrected chi connectivity index (χ3v) is 5.04. The summed E-state index contributed by atoms with van der Waals surface area (Å²) in [6, 6.07) is 0. The molecule has 1 amide bonds. The van der Waals surface area contributed by atoms with Crippen LogP contribution in [0.15, 0.2) is 12.3 Å². The fourth-order valence-corrected chi connectivity index (χ4v) is 3.59. The summed E-state index contributed by atoms with van der Waals surface area (Å²) in [5.74, 6) is 0.630. The summed E-state index contributed by atoms with van der Waals surface area (Å²) >= 11 is 0. The van der Waals surface area contributed by atoms with Crippen molar-refractivity contribution in [2.45, 2.75) is 57.8 Å². The maximum absolute atomic E-state index is 12.7. The van der Waals surface area contributed by atoms with Crippen LogP contribution in [-0.4, -0.2) is 48.2 Å². The molecule has 0 bridgehead atoms. The molecule has 1 saturated heterocycles. The Hall–Kier alpha value is -1.32. The minimum absolute atomic E-state index is 0.255. The normalized spacial score (nSPS) is 21.1. The van der Waals surface area contributed by atoms with Crippen LogP contribution in [0.2, 0.25) is 0 Å². The van der Waals surface area contributed by atoms with Crippen molar-refractivity contribution in [3.63, 3.8) is 0 Å². The van der Waals surface area contributed by atoms with Crippen LogP contribution in [0, 0.1) is 5.92 Å². The summed E-state index contributed by atoms with van der Waals surface area (Å²) in [4.78, 5) is 27.4. The molecule has 0 aromatic carbocycles. The molecule has 1 aliphatic heterocycles. The first-order valence-electron chi connectivity index (χ1n) is 8.87. The summed E-state index contributed by atoms with van der Waals surface area (Å²) in [5.41, 5.74) is 1.03. The SMILES string of the molecule is C=C(CCC=O)N1CCN(C(=O)C2CCCCCCC2)CC1. The number of amides is 1. The first-order valence-corrected chi connectivity index (χ1v) is 8.87. The average molecular weight is 306 g/mol. The molecule has 1 saturated carbocycles. The minimum atomic E-state index is 0.255. The number of aldehydes is 1. The fourth-order valence-electron chi connectivity index (χ4n) is 3.59. The Kier molecular flexibility index (Phi) is 6.94. The van der Waals surface area contributed by atoms with E-state index in [-0.39, 0.29) is 5.92 Å². The molecule has 0 N–H and O–H groups in total. The van der Waals surface area contributed by atoms with Gasteiger partial charge in [-0.2, -0.15) is 0 Å². The summed E-state index contributed by atoms with van der Waals surface area (Å²) in [6.45, 7) is 7.38. The minimum Gasteiger partial charge on any atom is -0.372 e. The van der Waals surface area contributed by atoms with Crippen molar-refractivity contribution in [2.75, 3.05) is 26.2 Å². The molecule has 124 valence electrons. The van der Waals surface area contributed by atoms with Crippen LogP contribution in [-0.2, 0) is 9.59 Å². The molecule has 0 unspecified atom stereocenters. The first-order chi connectivity index (χ1) is 10.7. The monoisotopic (exact) mass is 306 g/mol. The fraction of sp³-hybridized carbons (Fsp3) is 0.778. The highest BCUT2D eigenvalue weighted by Gasteiger charge is 2.27. The van der Waals surface area contributed by atoms with E-state index in [2.05, 4.69) is 16.4 Å². The van der Waals surface area contributed by atoms with Gasteiger partial charge in [-0.15, -0.1) is 0 Å². The van der Waals surface area contributed by atoms with Crippen LogP contribution in [0.5, 0.6) is 0 Å². The van der Waals surface area contributed by atoms with Gasteiger partial charge in [-0.05, 0) is 19.3 Å². The van der Waals surface area contributed by atoms with E-state index < -0.39 is 0 Å². The molecule has 22 heavy (non-hydrogen) atoms. The van der Waals surface area contributed by atoms with Crippen molar-refractivity contribution in [3.05, 3.63) is 12.3 Å². The van der Waals surface area contributed by atoms with Crippen LogP contribution < -0.4 is 0 Å². The molecule has 1 heterocycles. The van der Waals surface area contributed by atoms with Crippen molar-refractivity contribution in [3.8, 4) is 0 Å². The van der Waals surface area contributed by atoms with Gasteiger partial charge in [0.2, 0.25) is 5.91 Å². The molecule has 0 atom stereocenters. The number of carbonyl (C=O) groups excluding carboxylic acids is 2. The summed E-state index contributed by atoms with van der Waals surface area (Å²) < 4.78 is 0. The maximum Gasteiger partial charge on any atom is 0.225 e. The predicted molar refractivity (Wildman–Crippen MR) is 88.4 cm³/mol. The van der Waals surface area contributed by atoms with E-state index in [1.54, 1.807) is 0 Å². The molecule has 0 aromatic rings. The van der Waals surface area contributed by atoms with Crippen LogP contribution in [0.4, 0.5) is 0 Å². The van der Waals surface area contributed by atoms with Gasteiger partial charge in [0.15, 0.2) is 0 Å². The van der Waals surface area contributed by atoms with Gasteiger partial charge in [0, 0.05) is 44.2 Å². The molecule has 4 heteroatoms. The number of rotatable bonds is 5. The van der Waals surface area contributed by atoms with Gasteiger partial charge in [0.05, 0.1) is 0 Å². The Morgan fingerprint density at radius 3 is 2.09 bits per heavy atom. The lowest BCUT2D eigenvalue weighted by Gasteiger charge is -2.38. The predicted octanol–water partition coefficient (Wildman–Crippen LogP) is 2.98. The lowest BCUT2D eigenvalue weighted by molar-refractivity contribution is -0.137. The third kappa shape index (κ3) is 4.85. The second-order valence-corrected chi connectivity index (χ2v) is 6.63. The Morgan fingerprint density at radius 2 is 1.50 bits per heavy atom. The number of carbonyl (C=O) groups is 2. The molecule has 2 fully saturated rings. The highest BCUT2D eigenvalue weighted by atomic mass is 16.2. The summed E-state index contributed by atoms with van der Waals surface area (Å²) in [5, 5.41) is 0. The van der Waals surface area contributed by atoms with E-state index in [0.29, 0.717) is 12.3 Å². The second kappa shape index (κ2) is 8.96. The molecule has 2 rings (SSSR count). The smallest absolute Gasteiger partial charge is 0.225 e. The average Bonchev–Trinajstić information content (AvgIpc) is 2.52. The lowest BCUT2D eigenvalue weighted by Crippen LogP contribution is -2.49. The summed E-state index contributed by atoms with van der Waals surface area (Å²) in [7, 11) is 0. The Morgan fingerprint density at radius 1 is 0.955 bits per heavy atom. The van der Waals surface area contributed by atoms with E-state index in [4.69, 9.17) is 0 Å². The number of hydrogen-bond donors (Lipinski definition) is 0. The standard InChI is InChI=1S/C18H30N2O2/c1-16(8-7-15-21)19-11-13-20(14-12-19)18(22)17-9-5-3-2-4-6-10-17/h15,17H,1-14H2. The molecule has 0 spiro atoms. The lowest BCUT2D eigenvalue weighted by atomic mass is 9.90. The Bertz CT molecular complexity index is 379. The molecular weight excluding hydrogens is 276 g/mol. The zero-order valence-corrected chi connectivity index (χ0v) is 13.8. The molecule has 0 radical (unpaired) electrons. The van der Waals surface area contributed by atoms with Crippen molar-refractivity contribution in [2.24, 2.45) is 5.92 Å². The van der Waals surface area contributed by atoms with Gasteiger partial charge in [-0.3, -0.25) is 4.79 Å². The molecule has 0 aromatic heterocycles. The van der Waals surface area contributed by atoms with Crippen molar-refractivity contribution < 1.29 is 9.59 Å². The maximum atomic E-state index is 12.7. The van der Waals surface area contributed by atoms with Gasteiger partial charge < -0.3 is 14.6 Å². The third-order valence-electron chi connectivity index (χ3n) is 5.04. The first kappa shape index (κ1) is 17.0. The quantitative estimate of drug-likeness (QED) is 0.733. The van der Waals surface area contributed by atoms with Crippen LogP contribution in [0.3, 0.4) is 0 Å². The Labute approximate surface area is 134 Å². The van der Waals surface area contributed by atoms with Crippen molar-refractivity contribution in [1.29, 1.82) is 0 Å². The number of piperazine rings is 1.